The van der Waals surface area contributed by atoms with Gasteiger partial charge in [0.2, 0.25) is 0 Å². The van der Waals surface area contributed by atoms with Gasteiger partial charge in [-0.1, -0.05) is 0 Å². The fraction of sp³-hybridized carbons (Fsp3) is 0.444. The van der Waals surface area contributed by atoms with Gasteiger partial charge < -0.3 is 24.8 Å². The number of fused-ring (bicyclic) bond motifs is 2. The first-order valence-electron chi connectivity index (χ1n) is 16.0. The Hall–Kier alpha value is -5.20. The van der Waals surface area contributed by atoms with Crippen molar-refractivity contribution in [2.75, 3.05) is 13.1 Å². The van der Waals surface area contributed by atoms with E-state index in [4.69, 9.17) is 14.2 Å². The lowest BCUT2D eigenvalue weighted by Gasteiger charge is -2.19. The fourth-order valence-electron chi connectivity index (χ4n) is 5.42. The van der Waals surface area contributed by atoms with Crippen molar-refractivity contribution in [2.24, 2.45) is 11.8 Å². The Morgan fingerprint density at radius 2 is 0.918 bits per heavy atom. The maximum absolute atomic E-state index is 13.1. The Balaban J connectivity index is 1.34. The number of carbonyl (C=O) groups excluding carboxylic acids is 8. The molecule has 0 saturated heterocycles. The van der Waals surface area contributed by atoms with Crippen molar-refractivity contribution >= 4 is 46.9 Å². The molecule has 2 aliphatic rings. The van der Waals surface area contributed by atoms with E-state index >= 15 is 0 Å². The van der Waals surface area contributed by atoms with Gasteiger partial charge in [0.25, 0.3) is 0 Å². The SMILES string of the molecule is CC(C)(C)OC(=O)NCCCC(=O)C1C(=O)c2ccc(Oc3ccc4c(c3)C(=O)[C@@H](C(=O)CCCNC(=O)OC(C)(C)C)C4=O)cc2C1=O. The summed E-state index contributed by atoms with van der Waals surface area (Å²) in [5, 5.41) is 5.06. The summed E-state index contributed by atoms with van der Waals surface area (Å²) in [6.07, 6.45) is -1.08. The Kier molecular flexibility index (Phi) is 10.8. The van der Waals surface area contributed by atoms with E-state index in [9.17, 15) is 38.4 Å². The van der Waals surface area contributed by atoms with Gasteiger partial charge in [-0.2, -0.15) is 0 Å². The maximum Gasteiger partial charge on any atom is 0.407 e. The van der Waals surface area contributed by atoms with Crippen LogP contribution in [0.4, 0.5) is 9.59 Å². The van der Waals surface area contributed by atoms with Crippen LogP contribution in [0.5, 0.6) is 11.5 Å². The summed E-state index contributed by atoms with van der Waals surface area (Å²) in [7, 11) is 0. The van der Waals surface area contributed by atoms with Gasteiger partial charge in [-0.3, -0.25) is 28.8 Å². The lowest BCUT2D eigenvalue weighted by molar-refractivity contribution is -0.121. The minimum absolute atomic E-state index is 0.0203. The zero-order valence-electron chi connectivity index (χ0n) is 28.4. The van der Waals surface area contributed by atoms with Crippen molar-refractivity contribution in [3.63, 3.8) is 0 Å². The third kappa shape index (κ3) is 9.04. The molecule has 260 valence electrons. The largest absolute Gasteiger partial charge is 0.457 e. The number of Topliss-reactive ketones (excluding diaryl/α,β-unsaturated/α-hetero) is 6. The van der Waals surface area contributed by atoms with Crippen LogP contribution in [0.15, 0.2) is 36.4 Å². The second kappa shape index (κ2) is 14.5. The molecule has 0 aliphatic heterocycles. The minimum Gasteiger partial charge on any atom is -0.457 e. The van der Waals surface area contributed by atoms with Crippen LogP contribution < -0.4 is 15.4 Å². The van der Waals surface area contributed by atoms with Crippen molar-refractivity contribution in [1.29, 1.82) is 0 Å². The Morgan fingerprint density at radius 1 is 0.571 bits per heavy atom. The van der Waals surface area contributed by atoms with Crippen LogP contribution in [0.25, 0.3) is 0 Å². The van der Waals surface area contributed by atoms with Crippen molar-refractivity contribution in [3.05, 3.63) is 58.7 Å². The highest BCUT2D eigenvalue weighted by atomic mass is 16.6. The lowest BCUT2D eigenvalue weighted by atomic mass is 9.95. The third-order valence-corrected chi connectivity index (χ3v) is 7.51. The van der Waals surface area contributed by atoms with E-state index in [-0.39, 0.29) is 72.5 Å². The Bertz CT molecular complexity index is 1600. The van der Waals surface area contributed by atoms with E-state index < -0.39 is 69.9 Å². The topological polar surface area (TPSA) is 188 Å². The molecule has 2 amide bonds. The smallest absolute Gasteiger partial charge is 0.407 e. The average molecular weight is 677 g/mol. The van der Waals surface area contributed by atoms with Gasteiger partial charge in [0.1, 0.15) is 34.5 Å². The fourth-order valence-corrected chi connectivity index (χ4v) is 5.42. The number of rotatable bonds is 12. The highest BCUT2D eigenvalue weighted by Gasteiger charge is 2.44. The molecule has 0 saturated carbocycles. The van der Waals surface area contributed by atoms with Crippen LogP contribution in [0.3, 0.4) is 0 Å². The molecule has 2 aliphatic carbocycles. The second-order valence-electron chi connectivity index (χ2n) is 13.8. The minimum atomic E-state index is -1.49. The zero-order chi connectivity index (χ0) is 36.3. The third-order valence-electron chi connectivity index (χ3n) is 7.51. The molecule has 0 aromatic heterocycles. The molecule has 0 bridgehead atoms. The van der Waals surface area contributed by atoms with Gasteiger partial charge in [-0.05, 0) is 90.8 Å². The molecule has 0 heterocycles. The maximum atomic E-state index is 13.1. The Labute approximate surface area is 283 Å². The molecule has 2 atom stereocenters. The molecule has 0 radical (unpaired) electrons. The predicted molar refractivity (Wildman–Crippen MR) is 174 cm³/mol. The van der Waals surface area contributed by atoms with Gasteiger partial charge in [0, 0.05) is 48.2 Å². The number of alkyl carbamates (subject to hydrolysis) is 2. The highest BCUT2D eigenvalue weighted by molar-refractivity contribution is 6.36. The Morgan fingerprint density at radius 3 is 1.27 bits per heavy atom. The second-order valence-corrected chi connectivity index (χ2v) is 13.8. The predicted octanol–water partition coefficient (Wildman–Crippen LogP) is 5.22. The summed E-state index contributed by atoms with van der Waals surface area (Å²) in [6.45, 7) is 10.6. The zero-order valence-corrected chi connectivity index (χ0v) is 28.4. The van der Waals surface area contributed by atoms with E-state index in [1.807, 2.05) is 0 Å². The first-order valence-corrected chi connectivity index (χ1v) is 16.0. The molecule has 13 heteroatoms. The molecule has 1 unspecified atom stereocenters. The number of benzene rings is 2. The van der Waals surface area contributed by atoms with Gasteiger partial charge in [-0.25, -0.2) is 9.59 Å². The van der Waals surface area contributed by atoms with Gasteiger partial charge in [0.05, 0.1) is 0 Å². The molecule has 13 nitrogen and oxygen atoms in total. The van der Waals surface area contributed by atoms with Crippen LogP contribution in [-0.4, -0.2) is 71.2 Å². The van der Waals surface area contributed by atoms with E-state index in [0.717, 1.165) is 0 Å². The summed E-state index contributed by atoms with van der Waals surface area (Å²) in [6, 6.07) is 8.34. The van der Waals surface area contributed by atoms with Crippen LogP contribution in [-0.2, 0) is 19.1 Å². The molecule has 2 N–H and O–H groups in total. The number of ether oxygens (including phenoxy) is 3. The normalized spacial score (nSPS) is 16.9. The monoisotopic (exact) mass is 676 g/mol. The van der Waals surface area contributed by atoms with Crippen LogP contribution in [0, 0.1) is 11.8 Å². The van der Waals surface area contributed by atoms with Gasteiger partial charge in [0.15, 0.2) is 34.7 Å². The first-order chi connectivity index (χ1) is 22.9. The van der Waals surface area contributed by atoms with E-state index in [2.05, 4.69) is 10.6 Å². The summed E-state index contributed by atoms with van der Waals surface area (Å²) in [5.41, 5.74) is -1.15. The molecule has 4 rings (SSSR count). The standard InChI is InChI=1S/C36H40N2O11/c1-35(2,3)48-33(45)37-15-7-9-25(39)27-29(41)21-13-11-19(17-23(21)31(27)43)47-20-12-14-22-24(18-20)32(44)28(30(22)42)26(40)10-8-16-38-34(46)49-36(4,5)6/h11-14,17-18,27-28H,7-10,15-16H2,1-6H3,(H,37,45)(H,38,46)/t27-,28?/m0/s1. The summed E-state index contributed by atoms with van der Waals surface area (Å²) >= 11 is 0. The summed E-state index contributed by atoms with van der Waals surface area (Å²) in [4.78, 5) is 101. The number of carbonyl (C=O) groups is 8. The molecular formula is C36H40N2O11. The number of hydrogen-bond acceptors (Lipinski definition) is 11. The van der Waals surface area contributed by atoms with Crippen LogP contribution in [0.2, 0.25) is 0 Å². The van der Waals surface area contributed by atoms with E-state index in [1.165, 1.54) is 36.4 Å². The number of hydrogen-bond donors (Lipinski definition) is 2. The van der Waals surface area contributed by atoms with E-state index in [0.29, 0.717) is 0 Å². The number of nitrogens with one attached hydrogen (secondary N) is 2. The van der Waals surface area contributed by atoms with Crippen molar-refractivity contribution in [2.45, 2.75) is 78.4 Å². The molecular weight excluding hydrogens is 636 g/mol. The summed E-state index contributed by atoms with van der Waals surface area (Å²) in [5.74, 6) is -6.36. The van der Waals surface area contributed by atoms with E-state index in [1.54, 1.807) is 41.5 Å². The van der Waals surface area contributed by atoms with Crippen molar-refractivity contribution < 1.29 is 52.6 Å². The number of amides is 2. The van der Waals surface area contributed by atoms with Crippen molar-refractivity contribution in [3.8, 4) is 11.5 Å². The molecule has 0 fully saturated rings. The first kappa shape index (κ1) is 36.6. The lowest BCUT2D eigenvalue weighted by Crippen LogP contribution is -2.33. The molecule has 0 spiro atoms. The van der Waals surface area contributed by atoms with Crippen molar-refractivity contribution in [1.82, 2.24) is 10.6 Å². The number of ketones is 6. The van der Waals surface area contributed by atoms with Crippen LogP contribution in [0.1, 0.15) is 109 Å². The molecule has 49 heavy (non-hydrogen) atoms. The summed E-state index contributed by atoms with van der Waals surface area (Å²) < 4.78 is 16.1. The highest BCUT2D eigenvalue weighted by Crippen LogP contribution is 2.35. The van der Waals surface area contributed by atoms with Crippen LogP contribution >= 0.6 is 0 Å². The van der Waals surface area contributed by atoms with Gasteiger partial charge >= 0.3 is 12.2 Å². The molecule has 2 aromatic carbocycles. The quantitative estimate of drug-likeness (QED) is 0.222. The average Bonchev–Trinajstić information content (AvgIpc) is 3.39. The molecule has 2 aromatic rings. The van der Waals surface area contributed by atoms with Gasteiger partial charge in [-0.15, -0.1) is 0 Å².